The molecule has 1 N–H and O–H groups in total. The van der Waals surface area contributed by atoms with Gasteiger partial charge in [-0.25, -0.2) is 4.79 Å². The van der Waals surface area contributed by atoms with Gasteiger partial charge in [-0.3, -0.25) is 0 Å². The van der Waals surface area contributed by atoms with Gasteiger partial charge in [0.2, 0.25) is 0 Å². The van der Waals surface area contributed by atoms with E-state index in [1.165, 1.54) is 17.7 Å². The second kappa shape index (κ2) is 5.04. The molecule has 1 aliphatic carbocycles. The molecule has 20 heavy (non-hydrogen) atoms. The lowest BCUT2D eigenvalue weighted by atomic mass is 10.0. The highest BCUT2D eigenvalue weighted by Crippen LogP contribution is 2.36. The van der Waals surface area contributed by atoms with Crippen LogP contribution in [0.4, 0.5) is 0 Å². The number of hydrogen-bond acceptors (Lipinski definition) is 4. The Morgan fingerprint density at radius 1 is 1.25 bits per heavy atom. The largest absolute Gasteiger partial charge is 0.508 e. The molecule has 0 spiro atoms. The summed E-state index contributed by atoms with van der Waals surface area (Å²) in [6.07, 6.45) is 4.34. The van der Waals surface area contributed by atoms with Crippen molar-refractivity contribution in [2.24, 2.45) is 0 Å². The van der Waals surface area contributed by atoms with Crippen LogP contribution in [-0.4, -0.2) is 12.2 Å². The average molecular weight is 272 g/mol. The van der Waals surface area contributed by atoms with Crippen LogP contribution in [0.15, 0.2) is 39.1 Å². The third-order valence-corrected chi connectivity index (χ3v) is 3.70. The molecular weight excluding hydrogens is 256 g/mol. The van der Waals surface area contributed by atoms with E-state index in [2.05, 4.69) is 0 Å². The van der Waals surface area contributed by atoms with E-state index in [0.29, 0.717) is 5.58 Å². The number of benzene rings is 1. The number of phenolic OH excluding ortho intramolecular Hbond substituents is 1. The zero-order valence-corrected chi connectivity index (χ0v) is 11.3. The van der Waals surface area contributed by atoms with Gasteiger partial charge in [0.15, 0.2) is 0 Å². The molecule has 1 aromatic carbocycles. The molecule has 0 unspecified atom stereocenters. The third-order valence-electron chi connectivity index (χ3n) is 3.70. The van der Waals surface area contributed by atoms with Crippen LogP contribution in [-0.2, 0) is 4.74 Å². The molecule has 2 aromatic rings. The number of hydrogen-bond donors (Lipinski definition) is 1. The summed E-state index contributed by atoms with van der Waals surface area (Å²) in [5, 5.41) is 10.6. The van der Waals surface area contributed by atoms with Gasteiger partial charge in [0.05, 0.1) is 7.11 Å². The molecule has 104 valence electrons. The highest BCUT2D eigenvalue weighted by atomic mass is 16.5. The fourth-order valence-corrected chi connectivity index (χ4v) is 2.82. The van der Waals surface area contributed by atoms with E-state index in [4.69, 9.17) is 9.15 Å². The molecule has 1 heterocycles. The summed E-state index contributed by atoms with van der Waals surface area (Å²) in [7, 11) is 1.63. The summed E-state index contributed by atoms with van der Waals surface area (Å²) in [5.41, 5.74) is 1.98. The summed E-state index contributed by atoms with van der Waals surface area (Å²) in [4.78, 5) is 11.3. The fraction of sp³-hybridized carbons (Fsp3) is 0.312. The zero-order valence-electron chi connectivity index (χ0n) is 11.3. The van der Waals surface area contributed by atoms with Crippen molar-refractivity contribution in [1.29, 1.82) is 0 Å². The van der Waals surface area contributed by atoms with Crippen LogP contribution in [0.3, 0.4) is 0 Å². The van der Waals surface area contributed by atoms with Gasteiger partial charge in [0.1, 0.15) is 17.1 Å². The van der Waals surface area contributed by atoms with Crippen molar-refractivity contribution >= 4 is 16.7 Å². The van der Waals surface area contributed by atoms with Crippen molar-refractivity contribution in [3.8, 4) is 5.75 Å². The highest BCUT2D eigenvalue weighted by Gasteiger charge is 2.18. The number of phenols is 1. The second-order valence-corrected chi connectivity index (χ2v) is 5.00. The fourth-order valence-electron chi connectivity index (χ4n) is 2.82. The van der Waals surface area contributed by atoms with E-state index >= 15 is 0 Å². The zero-order chi connectivity index (χ0) is 14.1. The Morgan fingerprint density at radius 2 is 2.00 bits per heavy atom. The standard InChI is InChI=1S/C16H16O4/c1-19-16(10-4-2-3-5-10)13-8-11(17)9-14-12(13)6-7-15(18)20-14/h6-9,17H,2-5H2,1H3. The van der Waals surface area contributed by atoms with E-state index in [1.807, 2.05) is 0 Å². The monoisotopic (exact) mass is 272 g/mol. The maximum absolute atomic E-state index is 11.3. The minimum atomic E-state index is -0.429. The molecule has 1 fully saturated rings. The molecule has 0 aliphatic heterocycles. The molecule has 1 saturated carbocycles. The van der Waals surface area contributed by atoms with E-state index in [1.54, 1.807) is 19.2 Å². The molecule has 0 saturated heterocycles. The van der Waals surface area contributed by atoms with Crippen LogP contribution < -0.4 is 5.63 Å². The molecule has 1 aromatic heterocycles. The van der Waals surface area contributed by atoms with Crippen LogP contribution in [0.1, 0.15) is 31.2 Å². The SMILES string of the molecule is COC(=C1CCCC1)c1cc(O)cc2oc(=O)ccc12. The van der Waals surface area contributed by atoms with E-state index < -0.39 is 5.63 Å². The second-order valence-electron chi connectivity index (χ2n) is 5.00. The number of fused-ring (bicyclic) bond motifs is 1. The molecule has 4 nitrogen and oxygen atoms in total. The summed E-state index contributed by atoms with van der Waals surface area (Å²) >= 11 is 0. The first-order valence-corrected chi connectivity index (χ1v) is 6.72. The molecule has 4 heteroatoms. The van der Waals surface area contributed by atoms with Gasteiger partial charge in [-0.2, -0.15) is 0 Å². The molecular formula is C16H16O4. The Kier molecular flexibility index (Phi) is 3.22. The van der Waals surface area contributed by atoms with Crippen molar-refractivity contribution < 1.29 is 14.3 Å². The van der Waals surface area contributed by atoms with Crippen molar-refractivity contribution in [2.75, 3.05) is 7.11 Å². The lowest BCUT2D eigenvalue weighted by molar-refractivity contribution is 0.365. The van der Waals surface area contributed by atoms with Gasteiger partial charge in [0, 0.05) is 23.1 Å². The highest BCUT2D eigenvalue weighted by molar-refractivity contribution is 5.91. The van der Waals surface area contributed by atoms with E-state index in [0.717, 1.165) is 42.4 Å². The first-order valence-electron chi connectivity index (χ1n) is 6.72. The van der Waals surface area contributed by atoms with Gasteiger partial charge in [-0.05, 0) is 43.4 Å². The lowest BCUT2D eigenvalue weighted by Crippen LogP contribution is -1.98. The number of rotatable bonds is 2. The first-order chi connectivity index (χ1) is 9.69. The maximum Gasteiger partial charge on any atom is 0.336 e. The van der Waals surface area contributed by atoms with Crippen molar-refractivity contribution in [3.63, 3.8) is 0 Å². The van der Waals surface area contributed by atoms with E-state index in [9.17, 15) is 9.90 Å². The van der Waals surface area contributed by atoms with Crippen LogP contribution in [0, 0.1) is 0 Å². The number of allylic oxidation sites excluding steroid dienone is 1. The summed E-state index contributed by atoms with van der Waals surface area (Å²) in [6, 6.07) is 6.21. The van der Waals surface area contributed by atoms with Crippen LogP contribution in [0.2, 0.25) is 0 Å². The summed E-state index contributed by atoms with van der Waals surface area (Å²) < 4.78 is 10.7. The minimum Gasteiger partial charge on any atom is -0.508 e. The van der Waals surface area contributed by atoms with Crippen LogP contribution in [0.25, 0.3) is 16.7 Å². The van der Waals surface area contributed by atoms with Gasteiger partial charge < -0.3 is 14.3 Å². The average Bonchev–Trinajstić information content (AvgIpc) is 2.92. The van der Waals surface area contributed by atoms with Gasteiger partial charge >= 0.3 is 5.63 Å². The van der Waals surface area contributed by atoms with E-state index in [-0.39, 0.29) is 5.75 Å². The smallest absolute Gasteiger partial charge is 0.336 e. The third kappa shape index (κ3) is 2.18. The van der Waals surface area contributed by atoms with Crippen molar-refractivity contribution in [2.45, 2.75) is 25.7 Å². The predicted molar refractivity (Wildman–Crippen MR) is 76.5 cm³/mol. The van der Waals surface area contributed by atoms with Crippen LogP contribution >= 0.6 is 0 Å². The maximum atomic E-state index is 11.3. The normalized spacial score (nSPS) is 14.8. The van der Waals surface area contributed by atoms with Crippen LogP contribution in [0.5, 0.6) is 5.75 Å². The number of ether oxygens (including phenoxy) is 1. The summed E-state index contributed by atoms with van der Waals surface area (Å²) in [5.74, 6) is 0.854. The first kappa shape index (κ1) is 12.8. The quantitative estimate of drug-likeness (QED) is 0.672. The van der Waals surface area contributed by atoms with Gasteiger partial charge in [-0.1, -0.05) is 0 Å². The van der Waals surface area contributed by atoms with Crippen molar-refractivity contribution in [3.05, 3.63) is 45.8 Å². The Morgan fingerprint density at radius 3 is 2.70 bits per heavy atom. The van der Waals surface area contributed by atoms with Gasteiger partial charge in [-0.15, -0.1) is 0 Å². The molecule has 0 radical (unpaired) electrons. The molecule has 0 atom stereocenters. The molecule has 0 bridgehead atoms. The molecule has 0 amide bonds. The number of aromatic hydroxyl groups is 1. The summed E-state index contributed by atoms with van der Waals surface area (Å²) in [6.45, 7) is 0. The Balaban J connectivity index is 2.29. The lowest BCUT2D eigenvalue weighted by Gasteiger charge is -2.13. The minimum absolute atomic E-state index is 0.0648. The topological polar surface area (TPSA) is 59.7 Å². The Hall–Kier alpha value is -2.23. The number of methoxy groups -OCH3 is 1. The Bertz CT molecular complexity index is 732. The van der Waals surface area contributed by atoms with Gasteiger partial charge in [0.25, 0.3) is 0 Å². The molecule has 3 rings (SSSR count). The Labute approximate surface area is 116 Å². The van der Waals surface area contributed by atoms with Crippen molar-refractivity contribution in [1.82, 2.24) is 0 Å². The molecule has 1 aliphatic rings. The predicted octanol–water partition coefficient (Wildman–Crippen LogP) is 3.43.